The van der Waals surface area contributed by atoms with Gasteiger partial charge < -0.3 is 5.10 Å². The molecule has 0 aliphatic heterocycles. The number of nitrogens with zero attached hydrogens (tertiary/aromatic N) is 1. The molecule has 3 heteroatoms. The van der Waals surface area contributed by atoms with Crippen molar-refractivity contribution < 1.29 is 20.4 Å². The fourth-order valence-corrected chi connectivity index (χ4v) is 1.84. The first kappa shape index (κ1) is 11.4. The molecule has 2 aromatic rings. The van der Waals surface area contributed by atoms with Crippen LogP contribution in [0.2, 0.25) is 0 Å². The van der Waals surface area contributed by atoms with Crippen LogP contribution < -0.4 is 0 Å². The first-order valence-electron chi connectivity index (χ1n) is 4.54. The summed E-state index contributed by atoms with van der Waals surface area (Å²) in [5.74, 6) is 0.537. The first-order chi connectivity index (χ1) is 6.20. The molecule has 0 aliphatic rings. The van der Waals surface area contributed by atoms with E-state index in [-0.39, 0.29) is 20.4 Å². The van der Waals surface area contributed by atoms with Gasteiger partial charge in [-0.25, -0.2) is 0 Å². The fraction of sp³-hybridized carbons (Fsp3) is 0.364. The molecule has 0 amide bonds. The number of benzene rings is 1. The summed E-state index contributed by atoms with van der Waals surface area (Å²) < 4.78 is 0. The number of H-pyrrole nitrogens is 1. The summed E-state index contributed by atoms with van der Waals surface area (Å²) in [5, 5.41) is 8.17. The van der Waals surface area contributed by atoms with E-state index in [1.54, 1.807) is 0 Å². The molecule has 0 atom stereocenters. The summed E-state index contributed by atoms with van der Waals surface area (Å²) in [6.07, 6.45) is 1.88. The molecule has 0 spiro atoms. The van der Waals surface area contributed by atoms with Crippen LogP contribution in [-0.2, 0) is 20.4 Å². The van der Waals surface area contributed by atoms with Crippen molar-refractivity contribution in [2.45, 2.75) is 26.7 Å². The number of hydrogen-bond acceptors (Lipinski definition) is 1. The number of aromatic amines is 1. The number of aryl methyl sites for hydroxylation is 1. The first-order valence-corrected chi connectivity index (χ1v) is 4.54. The zero-order valence-corrected chi connectivity index (χ0v) is 11.3. The Kier molecular flexibility index (Phi) is 3.47. The van der Waals surface area contributed by atoms with Gasteiger partial charge in [0.1, 0.15) is 0 Å². The minimum atomic E-state index is 0. The molecule has 1 aromatic carbocycles. The van der Waals surface area contributed by atoms with Gasteiger partial charge in [-0.2, -0.15) is 22.8 Å². The van der Waals surface area contributed by atoms with E-state index in [4.69, 9.17) is 0 Å². The Labute approximate surface area is 97.7 Å². The van der Waals surface area contributed by atoms with Gasteiger partial charge in [0, 0.05) is 26.6 Å². The van der Waals surface area contributed by atoms with Crippen molar-refractivity contribution in [1.29, 1.82) is 0 Å². The van der Waals surface area contributed by atoms with Crippen molar-refractivity contribution in [3.63, 3.8) is 0 Å². The smallest absolute Gasteiger partial charge is 0.00137 e. The summed E-state index contributed by atoms with van der Waals surface area (Å²) >= 11 is 0. The topological polar surface area (TPSA) is 28.7 Å². The van der Waals surface area contributed by atoms with Crippen LogP contribution in [0.15, 0.2) is 12.3 Å². The summed E-state index contributed by atoms with van der Waals surface area (Å²) in [7, 11) is 0. The molecule has 2 nitrogen and oxygen atoms in total. The molecule has 14 heavy (non-hydrogen) atoms. The van der Waals surface area contributed by atoms with Gasteiger partial charge in [0.05, 0.1) is 0 Å². The minimum absolute atomic E-state index is 0. The normalized spacial score (nSPS) is 10.6. The van der Waals surface area contributed by atoms with Gasteiger partial charge >= 0.3 is 0 Å². The Morgan fingerprint density at radius 2 is 2.14 bits per heavy atom. The maximum Gasteiger partial charge on any atom is 0.00137 e. The average Bonchev–Trinajstić information content (AvgIpc) is 2.50. The summed E-state index contributed by atoms with van der Waals surface area (Å²) in [5.41, 5.74) is 3.68. The summed E-state index contributed by atoms with van der Waals surface area (Å²) in [6, 6.07) is 5.20. The second-order valence-corrected chi connectivity index (χ2v) is 3.70. The maximum absolute atomic E-state index is 4.03. The van der Waals surface area contributed by atoms with Gasteiger partial charge in [-0.1, -0.05) is 26.2 Å². The second-order valence-electron chi connectivity index (χ2n) is 3.70. The van der Waals surface area contributed by atoms with Crippen LogP contribution >= 0.6 is 0 Å². The Morgan fingerprint density at radius 3 is 2.79 bits per heavy atom. The van der Waals surface area contributed by atoms with Crippen molar-refractivity contribution in [2.75, 3.05) is 0 Å². The molecule has 0 fully saturated rings. The van der Waals surface area contributed by atoms with Crippen LogP contribution in [0, 0.1) is 13.0 Å². The molecule has 0 unspecified atom stereocenters. The van der Waals surface area contributed by atoms with Crippen LogP contribution in [0.3, 0.4) is 0 Å². The molecule has 0 saturated heterocycles. The second kappa shape index (κ2) is 4.25. The zero-order chi connectivity index (χ0) is 9.42. The van der Waals surface area contributed by atoms with Gasteiger partial charge in [0.15, 0.2) is 0 Å². The van der Waals surface area contributed by atoms with Gasteiger partial charge in [0.25, 0.3) is 0 Å². The van der Waals surface area contributed by atoms with E-state index in [1.807, 2.05) is 12.3 Å². The van der Waals surface area contributed by atoms with E-state index in [9.17, 15) is 0 Å². The number of nitrogens with one attached hydrogen (secondary N) is 1. The van der Waals surface area contributed by atoms with E-state index in [0.29, 0.717) is 5.92 Å². The monoisotopic (exact) mass is 360 g/mol. The van der Waals surface area contributed by atoms with Crippen LogP contribution in [0.5, 0.6) is 0 Å². The SMILES string of the molecule is Cc1c[c-]c2[nH]ncc2c1C(C)C.[Re]. The van der Waals surface area contributed by atoms with Crippen LogP contribution in [-0.4, -0.2) is 10.2 Å². The molecular weight excluding hydrogens is 346 g/mol. The quantitative estimate of drug-likeness (QED) is 0.780. The van der Waals surface area contributed by atoms with Crippen molar-refractivity contribution in [3.05, 3.63) is 29.5 Å². The van der Waals surface area contributed by atoms with E-state index in [2.05, 4.69) is 37.0 Å². The van der Waals surface area contributed by atoms with Crippen molar-refractivity contribution in [2.24, 2.45) is 0 Å². The third kappa shape index (κ3) is 1.75. The van der Waals surface area contributed by atoms with Gasteiger partial charge in [-0.05, 0) is 11.4 Å². The standard InChI is InChI=1S/C11H13N2.Re/c1-7(2)11-8(3)4-5-10-9(11)6-12-13-10;/h4,6-7H,1-3H3,(H,12,13);/q-1;. The molecule has 2 rings (SSSR count). The molecule has 0 aliphatic carbocycles. The third-order valence-corrected chi connectivity index (χ3v) is 2.36. The molecule has 1 heterocycles. The largest absolute Gasteiger partial charge is 0.304 e. The average molecular weight is 359 g/mol. The molecule has 75 valence electrons. The van der Waals surface area contributed by atoms with E-state index in [1.165, 1.54) is 16.5 Å². The van der Waals surface area contributed by atoms with Crippen LogP contribution in [0.25, 0.3) is 10.9 Å². The Balaban J connectivity index is 0.000000980. The minimum Gasteiger partial charge on any atom is -0.304 e. The number of hydrogen-bond donors (Lipinski definition) is 1. The fourth-order valence-electron chi connectivity index (χ4n) is 1.84. The predicted molar refractivity (Wildman–Crippen MR) is 53.8 cm³/mol. The maximum atomic E-state index is 4.03. The van der Waals surface area contributed by atoms with E-state index < -0.39 is 0 Å². The number of rotatable bonds is 1. The van der Waals surface area contributed by atoms with Crippen LogP contribution in [0.1, 0.15) is 30.9 Å². The van der Waals surface area contributed by atoms with Gasteiger partial charge in [0.2, 0.25) is 0 Å². The zero-order valence-electron chi connectivity index (χ0n) is 8.56. The van der Waals surface area contributed by atoms with Crippen LogP contribution in [0.4, 0.5) is 0 Å². The molecule has 0 bridgehead atoms. The third-order valence-electron chi connectivity index (χ3n) is 2.36. The Bertz CT molecular complexity index is 432. The molecular formula is C11H13N2Re-. The molecule has 1 radical (unpaired) electrons. The molecule has 0 saturated carbocycles. The van der Waals surface area contributed by atoms with E-state index in [0.717, 1.165) is 5.52 Å². The number of fused-ring (bicyclic) bond motifs is 1. The van der Waals surface area contributed by atoms with Gasteiger partial charge in [-0.3, -0.25) is 0 Å². The Hall–Kier alpha value is -0.648. The Morgan fingerprint density at radius 1 is 1.43 bits per heavy atom. The summed E-state index contributed by atoms with van der Waals surface area (Å²) in [6.45, 7) is 6.53. The van der Waals surface area contributed by atoms with Crippen molar-refractivity contribution >= 4 is 10.9 Å². The van der Waals surface area contributed by atoms with E-state index >= 15 is 0 Å². The summed E-state index contributed by atoms with van der Waals surface area (Å²) in [4.78, 5) is 0. The number of aromatic nitrogens is 2. The molecule has 1 N–H and O–H groups in total. The van der Waals surface area contributed by atoms with Crippen molar-refractivity contribution in [3.8, 4) is 0 Å². The van der Waals surface area contributed by atoms with Crippen molar-refractivity contribution in [1.82, 2.24) is 10.2 Å². The predicted octanol–water partition coefficient (Wildman–Crippen LogP) is 2.79. The molecule has 1 aromatic heterocycles. The van der Waals surface area contributed by atoms with Gasteiger partial charge in [-0.15, -0.1) is 5.56 Å².